The molecule has 0 radical (unpaired) electrons. The van der Waals surface area contributed by atoms with Crippen LogP contribution in [0.15, 0.2) is 146 Å². The summed E-state index contributed by atoms with van der Waals surface area (Å²) < 4.78 is 68.7. The Hall–Kier alpha value is -5.06. The largest absolute Gasteiger partial charge is 0.472 e. The van der Waals surface area contributed by atoms with E-state index in [4.69, 9.17) is 37.0 Å². The molecule has 106 heavy (non-hydrogen) atoms. The average molecular weight is 1530 g/mol. The third kappa shape index (κ3) is 77.1. The molecule has 0 aromatic carbocycles. The van der Waals surface area contributed by atoms with E-state index in [2.05, 4.69) is 174 Å². The van der Waals surface area contributed by atoms with Gasteiger partial charge in [0, 0.05) is 25.7 Å². The third-order valence-corrected chi connectivity index (χ3v) is 18.7. The second kappa shape index (κ2) is 78.1. The van der Waals surface area contributed by atoms with E-state index in [1.54, 1.807) is 0 Å². The minimum atomic E-state index is -5.00. The van der Waals surface area contributed by atoms with Crippen molar-refractivity contribution in [3.8, 4) is 0 Å². The summed E-state index contributed by atoms with van der Waals surface area (Å²) in [6.45, 7) is 4.48. The van der Waals surface area contributed by atoms with Gasteiger partial charge in [0.25, 0.3) is 0 Å². The number of aliphatic hydroxyl groups excluding tert-OH is 1. The highest BCUT2D eigenvalue weighted by atomic mass is 31.2. The molecule has 0 rings (SSSR count). The first-order valence-corrected chi connectivity index (χ1v) is 44.1. The Balaban J connectivity index is 5.41. The fourth-order valence-electron chi connectivity index (χ4n) is 10.6. The number of phosphoric acid groups is 2. The zero-order valence-corrected chi connectivity index (χ0v) is 68.1. The van der Waals surface area contributed by atoms with Crippen LogP contribution in [0.2, 0.25) is 0 Å². The summed E-state index contributed by atoms with van der Waals surface area (Å²) in [6.07, 6.45) is 89.6. The SMILES string of the molecule is CC/C=C\C/C=C\C/C=C\C/C=C\C/C=C\CCCCCC(=O)OCC(COP(=O)(O)OCC(O)COP(=O)(O)OCC(COC(=O)CCCCCCCCC/C=C\C/C=C\C/C=C\CC)OC(=O)CCCCCCC/C=C\CCCCCC)OC(=O)CCCCCCCCC/C=C\C/C=C\C/C=C\CC. The fraction of sp³-hybridized carbons (Fsp3) is 0.678. The van der Waals surface area contributed by atoms with E-state index in [1.807, 2.05) is 0 Å². The molecule has 606 valence electrons. The Morgan fingerprint density at radius 2 is 0.491 bits per heavy atom. The van der Waals surface area contributed by atoms with Crippen LogP contribution in [0.4, 0.5) is 0 Å². The quantitative estimate of drug-likeness (QED) is 0.0169. The summed E-state index contributed by atoms with van der Waals surface area (Å²) in [7, 11) is -9.98. The molecule has 3 N–H and O–H groups in total. The molecule has 17 nitrogen and oxygen atoms in total. The van der Waals surface area contributed by atoms with Crippen LogP contribution in [-0.2, 0) is 65.4 Å². The number of hydrogen-bond acceptors (Lipinski definition) is 15. The van der Waals surface area contributed by atoms with Crippen molar-refractivity contribution in [2.45, 2.75) is 341 Å². The molecule has 19 heteroatoms. The molecule has 0 heterocycles. The molecule has 0 aliphatic carbocycles. The van der Waals surface area contributed by atoms with Gasteiger partial charge in [-0.2, -0.15) is 0 Å². The minimum Gasteiger partial charge on any atom is -0.462 e. The van der Waals surface area contributed by atoms with Crippen molar-refractivity contribution in [3.05, 3.63) is 146 Å². The van der Waals surface area contributed by atoms with Crippen molar-refractivity contribution in [2.24, 2.45) is 0 Å². The zero-order valence-electron chi connectivity index (χ0n) is 66.3. The highest BCUT2D eigenvalue weighted by Gasteiger charge is 2.30. The average Bonchev–Trinajstić information content (AvgIpc) is 0.907. The van der Waals surface area contributed by atoms with Crippen LogP contribution in [0.25, 0.3) is 0 Å². The number of aliphatic hydroxyl groups is 1. The van der Waals surface area contributed by atoms with Crippen LogP contribution in [0, 0.1) is 0 Å². The van der Waals surface area contributed by atoms with Crippen molar-refractivity contribution in [2.75, 3.05) is 39.6 Å². The summed E-state index contributed by atoms with van der Waals surface area (Å²) in [5, 5.41) is 10.7. The molecule has 0 saturated heterocycles. The monoisotopic (exact) mass is 1530 g/mol. The van der Waals surface area contributed by atoms with E-state index in [1.165, 1.54) is 25.7 Å². The minimum absolute atomic E-state index is 0.0719. The van der Waals surface area contributed by atoms with Crippen LogP contribution in [-0.4, -0.2) is 96.7 Å². The van der Waals surface area contributed by atoms with Gasteiger partial charge in [-0.1, -0.05) is 283 Å². The third-order valence-electron chi connectivity index (χ3n) is 16.8. The van der Waals surface area contributed by atoms with Crippen molar-refractivity contribution >= 4 is 39.5 Å². The van der Waals surface area contributed by atoms with E-state index < -0.39 is 97.5 Å². The summed E-state index contributed by atoms with van der Waals surface area (Å²) >= 11 is 0. The second-order valence-electron chi connectivity index (χ2n) is 26.9. The van der Waals surface area contributed by atoms with E-state index in [0.717, 1.165) is 218 Å². The van der Waals surface area contributed by atoms with Gasteiger partial charge < -0.3 is 33.8 Å². The lowest BCUT2D eigenvalue weighted by molar-refractivity contribution is -0.161. The van der Waals surface area contributed by atoms with Gasteiger partial charge in [0.2, 0.25) is 0 Å². The standard InChI is InChI=1S/C87H146O17P2/c1-5-9-13-17-21-25-29-33-36-39-40-43-45-49-52-56-60-64-68-72-85(90)98-78-83(104-87(92)74-70-66-62-58-54-50-46-42-38-35-31-27-23-19-15-11-7-3)80-102-106(95,96)100-76-81(88)75-99-105(93,94)101-79-82(103-86(91)73-69-65-61-57-53-47-32-28-24-20-16-12-8-4)77-97-84(89)71-67-63-59-55-51-48-44-41-37-34-30-26-22-18-14-10-6-2/h9-11,13-15,21-23,25-28,32-38,40,43,49,52,81-83,88H,5-8,12,16-20,24,29-31,39,41-42,44-48,50-51,53-80H2,1-4H3,(H,93,94)(H,95,96)/b13-9-,14-10-,15-11-,25-21-,26-22-,27-23-,32-28-,36-33-,37-34-,38-35-,43-40-,52-49-. The van der Waals surface area contributed by atoms with Crippen LogP contribution in [0.1, 0.15) is 323 Å². The molecule has 0 aliphatic heterocycles. The maximum atomic E-state index is 13.1. The smallest absolute Gasteiger partial charge is 0.462 e. The normalized spacial score (nSPS) is 14.6. The molecule has 0 fully saturated rings. The van der Waals surface area contributed by atoms with Crippen LogP contribution in [0.3, 0.4) is 0 Å². The number of carbonyl (C=O) groups excluding carboxylic acids is 4. The van der Waals surface area contributed by atoms with Gasteiger partial charge in [-0.3, -0.25) is 37.3 Å². The van der Waals surface area contributed by atoms with Gasteiger partial charge in [0.05, 0.1) is 26.4 Å². The first-order chi connectivity index (χ1) is 51.7. The van der Waals surface area contributed by atoms with Gasteiger partial charge in [-0.25, -0.2) is 9.13 Å². The molecule has 0 aromatic heterocycles. The predicted octanol–water partition coefficient (Wildman–Crippen LogP) is 24.2. The molecule has 0 bridgehead atoms. The van der Waals surface area contributed by atoms with E-state index in [0.29, 0.717) is 25.7 Å². The predicted molar refractivity (Wildman–Crippen MR) is 436 cm³/mol. The molecule has 0 saturated carbocycles. The fourth-order valence-corrected chi connectivity index (χ4v) is 12.2. The Morgan fingerprint density at radius 1 is 0.274 bits per heavy atom. The molecule has 0 aliphatic rings. The number of hydrogen-bond donors (Lipinski definition) is 3. The van der Waals surface area contributed by atoms with E-state index >= 15 is 0 Å². The van der Waals surface area contributed by atoms with Crippen molar-refractivity contribution in [3.63, 3.8) is 0 Å². The lowest BCUT2D eigenvalue weighted by Gasteiger charge is -2.21. The number of allylic oxidation sites excluding steroid dienone is 24. The van der Waals surface area contributed by atoms with Crippen molar-refractivity contribution in [1.29, 1.82) is 0 Å². The van der Waals surface area contributed by atoms with Crippen LogP contribution >= 0.6 is 15.6 Å². The number of rotatable bonds is 76. The number of carbonyl (C=O) groups is 4. The highest BCUT2D eigenvalue weighted by Crippen LogP contribution is 2.45. The lowest BCUT2D eigenvalue weighted by Crippen LogP contribution is -2.30. The van der Waals surface area contributed by atoms with Gasteiger partial charge in [0.15, 0.2) is 12.2 Å². The zero-order chi connectivity index (χ0) is 77.4. The first kappa shape index (κ1) is 101. The molecule has 0 spiro atoms. The van der Waals surface area contributed by atoms with Crippen molar-refractivity contribution < 1.29 is 80.2 Å². The Kier molecular flexibility index (Phi) is 74.3. The number of unbranched alkanes of at least 4 members (excludes halogenated alkanes) is 26. The molecular formula is C87H146O17P2. The Bertz CT molecular complexity index is 2580. The highest BCUT2D eigenvalue weighted by molar-refractivity contribution is 7.47. The van der Waals surface area contributed by atoms with Gasteiger partial charge in [-0.15, -0.1) is 0 Å². The topological polar surface area (TPSA) is 237 Å². The van der Waals surface area contributed by atoms with E-state index in [9.17, 15) is 43.2 Å². The maximum absolute atomic E-state index is 13.1. The molecule has 5 atom stereocenters. The van der Waals surface area contributed by atoms with Gasteiger partial charge in [0.1, 0.15) is 19.3 Å². The number of phosphoric ester groups is 2. The summed E-state index contributed by atoms with van der Waals surface area (Å²) in [4.78, 5) is 73.1. The Morgan fingerprint density at radius 3 is 0.774 bits per heavy atom. The van der Waals surface area contributed by atoms with Gasteiger partial charge in [-0.05, 0) is 161 Å². The molecule has 0 amide bonds. The Labute approximate surface area is 643 Å². The van der Waals surface area contributed by atoms with E-state index in [-0.39, 0.29) is 25.7 Å². The molecule has 5 unspecified atom stereocenters. The molecular weight excluding hydrogens is 1380 g/mol. The van der Waals surface area contributed by atoms with Crippen LogP contribution < -0.4 is 0 Å². The summed E-state index contributed by atoms with van der Waals surface area (Å²) in [5.74, 6) is -2.24. The van der Waals surface area contributed by atoms with Crippen LogP contribution in [0.5, 0.6) is 0 Å². The lowest BCUT2D eigenvalue weighted by atomic mass is 10.1. The first-order valence-electron chi connectivity index (χ1n) is 41.1. The summed E-state index contributed by atoms with van der Waals surface area (Å²) in [5.41, 5.74) is 0. The van der Waals surface area contributed by atoms with Gasteiger partial charge >= 0.3 is 39.5 Å². The second-order valence-corrected chi connectivity index (χ2v) is 29.8. The maximum Gasteiger partial charge on any atom is 0.472 e. The number of ether oxygens (including phenoxy) is 4. The number of esters is 4. The summed E-state index contributed by atoms with van der Waals surface area (Å²) in [6, 6.07) is 0. The van der Waals surface area contributed by atoms with Crippen molar-refractivity contribution in [1.82, 2.24) is 0 Å². The molecule has 0 aromatic rings.